The summed E-state index contributed by atoms with van der Waals surface area (Å²) in [6.07, 6.45) is 7.25. The van der Waals surface area contributed by atoms with Crippen LogP contribution in [0.25, 0.3) is 0 Å². The highest BCUT2D eigenvalue weighted by atomic mass is 35.5. The molecule has 2 fully saturated rings. The number of nitrogens with zero attached hydrogens (tertiary/aromatic N) is 1. The van der Waals surface area contributed by atoms with E-state index in [-0.39, 0.29) is 5.02 Å². The standard InChI is InChI=1S/C16H17ClFNO2/c17-14-8-12(18)7-13(15(14)21-9-11-3-4-11)16(19-10-20)5-1-2-6-16/h7-8,11H,1-6,9H2. The smallest absolute Gasteiger partial charge is 0.235 e. The van der Waals surface area contributed by atoms with E-state index in [9.17, 15) is 9.18 Å². The SMILES string of the molecule is O=C=NC1(c2cc(F)cc(Cl)c2OCC2CC2)CCCC1. The Hall–Kier alpha value is -1.38. The van der Waals surface area contributed by atoms with E-state index in [0.29, 0.717) is 36.7 Å². The summed E-state index contributed by atoms with van der Waals surface area (Å²) in [5, 5.41) is 0.248. The molecule has 0 atom stereocenters. The summed E-state index contributed by atoms with van der Waals surface area (Å²) >= 11 is 6.17. The molecule has 3 nitrogen and oxygen atoms in total. The molecule has 0 unspecified atom stereocenters. The number of halogens is 2. The molecule has 2 saturated carbocycles. The van der Waals surface area contributed by atoms with E-state index >= 15 is 0 Å². The van der Waals surface area contributed by atoms with Gasteiger partial charge in [-0.15, -0.1) is 0 Å². The molecule has 3 rings (SSSR count). The third-order valence-electron chi connectivity index (χ3n) is 4.36. The number of rotatable bonds is 5. The van der Waals surface area contributed by atoms with Crippen LogP contribution in [0.15, 0.2) is 17.1 Å². The van der Waals surface area contributed by atoms with Crippen LogP contribution in [0, 0.1) is 11.7 Å². The van der Waals surface area contributed by atoms with Gasteiger partial charge < -0.3 is 4.74 Å². The lowest BCUT2D eigenvalue weighted by Crippen LogP contribution is -2.21. The lowest BCUT2D eigenvalue weighted by atomic mass is 9.88. The Morgan fingerprint density at radius 1 is 1.38 bits per heavy atom. The molecule has 0 radical (unpaired) electrons. The minimum atomic E-state index is -0.730. The van der Waals surface area contributed by atoms with E-state index in [1.54, 1.807) is 6.08 Å². The zero-order valence-corrected chi connectivity index (χ0v) is 12.5. The van der Waals surface area contributed by atoms with Crippen LogP contribution in [-0.2, 0) is 10.3 Å². The molecule has 0 saturated heterocycles. The summed E-state index contributed by atoms with van der Waals surface area (Å²) in [7, 11) is 0. The van der Waals surface area contributed by atoms with Gasteiger partial charge in [0.1, 0.15) is 17.1 Å². The van der Waals surface area contributed by atoms with E-state index in [0.717, 1.165) is 25.7 Å². The van der Waals surface area contributed by atoms with Crippen LogP contribution in [0.1, 0.15) is 44.1 Å². The fourth-order valence-corrected chi connectivity index (χ4v) is 3.29. The van der Waals surface area contributed by atoms with Crippen LogP contribution in [0.2, 0.25) is 5.02 Å². The number of aliphatic imine (C=N–C) groups is 1. The molecule has 112 valence electrons. The van der Waals surface area contributed by atoms with E-state index in [2.05, 4.69) is 4.99 Å². The Morgan fingerprint density at radius 3 is 2.71 bits per heavy atom. The van der Waals surface area contributed by atoms with E-state index < -0.39 is 11.4 Å². The van der Waals surface area contributed by atoms with Crippen LogP contribution < -0.4 is 4.74 Å². The van der Waals surface area contributed by atoms with Crippen molar-refractivity contribution in [2.45, 2.75) is 44.1 Å². The number of isocyanates is 1. The molecule has 2 aliphatic rings. The Bertz CT molecular complexity index is 588. The zero-order valence-electron chi connectivity index (χ0n) is 11.7. The molecule has 1 aromatic rings. The third kappa shape index (κ3) is 2.97. The molecule has 0 aromatic heterocycles. The average Bonchev–Trinajstić information content (AvgIpc) is 3.15. The maximum Gasteiger partial charge on any atom is 0.235 e. The first-order valence-electron chi connectivity index (χ1n) is 7.36. The Morgan fingerprint density at radius 2 is 2.10 bits per heavy atom. The summed E-state index contributed by atoms with van der Waals surface area (Å²) < 4.78 is 19.6. The summed E-state index contributed by atoms with van der Waals surface area (Å²) in [5.41, 5.74) is -0.138. The van der Waals surface area contributed by atoms with Gasteiger partial charge in [0.2, 0.25) is 6.08 Å². The lowest BCUT2D eigenvalue weighted by Gasteiger charge is -2.26. The summed E-state index contributed by atoms with van der Waals surface area (Å²) in [6, 6.07) is 2.65. The van der Waals surface area contributed by atoms with Crippen LogP contribution in [0.5, 0.6) is 5.75 Å². The molecule has 5 heteroatoms. The quantitative estimate of drug-likeness (QED) is 0.598. The lowest BCUT2D eigenvalue weighted by molar-refractivity contribution is 0.287. The van der Waals surface area contributed by atoms with Crippen molar-refractivity contribution in [3.63, 3.8) is 0 Å². The van der Waals surface area contributed by atoms with E-state index in [4.69, 9.17) is 16.3 Å². The van der Waals surface area contributed by atoms with Gasteiger partial charge in [-0.25, -0.2) is 9.18 Å². The number of hydrogen-bond donors (Lipinski definition) is 0. The van der Waals surface area contributed by atoms with Gasteiger partial charge in [-0.1, -0.05) is 24.4 Å². The largest absolute Gasteiger partial charge is 0.491 e. The minimum absolute atomic E-state index is 0.248. The molecule has 0 aliphatic heterocycles. The first-order valence-corrected chi connectivity index (χ1v) is 7.74. The van der Waals surface area contributed by atoms with Crippen LogP contribution in [-0.4, -0.2) is 12.7 Å². The van der Waals surface area contributed by atoms with Crippen molar-refractivity contribution < 1.29 is 13.9 Å². The molecule has 0 amide bonds. The summed E-state index contributed by atoms with van der Waals surface area (Å²) in [4.78, 5) is 14.8. The molecule has 0 spiro atoms. The summed E-state index contributed by atoms with van der Waals surface area (Å²) in [6.45, 7) is 0.583. The Kier molecular flexibility index (Phi) is 4.01. The third-order valence-corrected chi connectivity index (χ3v) is 4.64. The zero-order chi connectivity index (χ0) is 14.9. The Balaban J connectivity index is 2.03. The number of carbonyl (C=O) groups excluding carboxylic acids is 1. The highest BCUT2D eigenvalue weighted by molar-refractivity contribution is 6.32. The summed E-state index contributed by atoms with van der Waals surface area (Å²) in [5.74, 6) is 0.611. The molecule has 2 aliphatic carbocycles. The fourth-order valence-electron chi connectivity index (χ4n) is 3.03. The van der Waals surface area contributed by atoms with Gasteiger partial charge >= 0.3 is 0 Å². The second kappa shape index (κ2) is 5.78. The van der Waals surface area contributed by atoms with Crippen LogP contribution >= 0.6 is 11.6 Å². The molecule has 1 aromatic carbocycles. The van der Waals surface area contributed by atoms with E-state index in [1.807, 2.05) is 0 Å². The normalized spacial score (nSPS) is 20.1. The monoisotopic (exact) mass is 309 g/mol. The van der Waals surface area contributed by atoms with Crippen molar-refractivity contribution in [3.8, 4) is 5.75 Å². The highest BCUT2D eigenvalue weighted by Gasteiger charge is 2.39. The maximum absolute atomic E-state index is 13.8. The van der Waals surface area contributed by atoms with E-state index in [1.165, 1.54) is 12.1 Å². The van der Waals surface area contributed by atoms with Gasteiger partial charge in [-0.2, -0.15) is 4.99 Å². The van der Waals surface area contributed by atoms with Gasteiger partial charge in [-0.05, 0) is 43.7 Å². The van der Waals surface area contributed by atoms with Crippen molar-refractivity contribution in [1.82, 2.24) is 0 Å². The van der Waals surface area contributed by atoms with Crippen molar-refractivity contribution >= 4 is 17.7 Å². The van der Waals surface area contributed by atoms with Gasteiger partial charge in [-0.3, -0.25) is 0 Å². The molecule has 0 bridgehead atoms. The van der Waals surface area contributed by atoms with Gasteiger partial charge in [0.25, 0.3) is 0 Å². The van der Waals surface area contributed by atoms with Gasteiger partial charge in [0.05, 0.1) is 11.6 Å². The maximum atomic E-state index is 13.8. The van der Waals surface area contributed by atoms with Crippen molar-refractivity contribution in [2.24, 2.45) is 10.9 Å². The van der Waals surface area contributed by atoms with Crippen molar-refractivity contribution in [2.75, 3.05) is 6.61 Å². The van der Waals surface area contributed by atoms with Gasteiger partial charge in [0, 0.05) is 5.56 Å². The highest BCUT2D eigenvalue weighted by Crippen LogP contribution is 2.48. The first kappa shape index (κ1) is 14.6. The topological polar surface area (TPSA) is 38.7 Å². The number of benzene rings is 1. The van der Waals surface area contributed by atoms with Crippen molar-refractivity contribution in [1.29, 1.82) is 0 Å². The molecular weight excluding hydrogens is 293 g/mol. The van der Waals surface area contributed by atoms with Gasteiger partial charge in [0.15, 0.2) is 0 Å². The predicted octanol–water partition coefficient (Wildman–Crippen LogP) is 4.37. The molecule has 0 N–H and O–H groups in total. The second-order valence-corrected chi connectivity index (χ2v) is 6.37. The number of hydrogen-bond acceptors (Lipinski definition) is 3. The first-order chi connectivity index (χ1) is 10.1. The molecule has 21 heavy (non-hydrogen) atoms. The minimum Gasteiger partial charge on any atom is -0.491 e. The second-order valence-electron chi connectivity index (χ2n) is 5.96. The Labute approximate surface area is 128 Å². The van der Waals surface area contributed by atoms with Crippen molar-refractivity contribution in [3.05, 3.63) is 28.5 Å². The molecule has 0 heterocycles. The fraction of sp³-hybridized carbons (Fsp3) is 0.562. The average molecular weight is 310 g/mol. The predicted molar refractivity (Wildman–Crippen MR) is 77.9 cm³/mol. The number of ether oxygens (including phenoxy) is 1. The van der Waals surface area contributed by atoms with Crippen LogP contribution in [0.3, 0.4) is 0 Å². The molecular formula is C16H17ClFNO2. The van der Waals surface area contributed by atoms with Crippen LogP contribution in [0.4, 0.5) is 4.39 Å².